The van der Waals surface area contributed by atoms with Crippen LogP contribution in [0.3, 0.4) is 0 Å². The number of amides is 1. The van der Waals surface area contributed by atoms with Crippen molar-refractivity contribution in [2.24, 2.45) is 12.5 Å². The molecule has 1 aliphatic carbocycles. The molecule has 35 heavy (non-hydrogen) atoms. The fourth-order valence-electron chi connectivity index (χ4n) is 4.56. The minimum atomic E-state index is -0.521. The van der Waals surface area contributed by atoms with Gasteiger partial charge in [-0.2, -0.15) is 0 Å². The molecule has 0 atom stereocenters. The zero-order chi connectivity index (χ0) is 24.6. The van der Waals surface area contributed by atoms with Gasteiger partial charge in [0.15, 0.2) is 11.5 Å². The zero-order valence-electron chi connectivity index (χ0n) is 19.9. The second kappa shape index (κ2) is 9.14. The number of ether oxygens (including phenoxy) is 2. The Morgan fingerprint density at radius 2 is 1.89 bits per heavy atom. The van der Waals surface area contributed by atoms with Gasteiger partial charge in [0.05, 0.1) is 18.1 Å². The average molecular weight is 480 g/mol. The summed E-state index contributed by atoms with van der Waals surface area (Å²) in [5.74, 6) is 0.444. The van der Waals surface area contributed by atoms with Crippen LogP contribution in [0.25, 0.3) is 10.9 Å². The highest BCUT2D eigenvalue weighted by Crippen LogP contribution is 2.53. The number of fused-ring (bicyclic) bond motifs is 1. The van der Waals surface area contributed by atoms with Crippen LogP contribution in [-0.2, 0) is 7.05 Å². The summed E-state index contributed by atoms with van der Waals surface area (Å²) < 4.78 is 12.9. The number of carbonyl (C=O) groups excluding carboxylic acids is 1. The summed E-state index contributed by atoms with van der Waals surface area (Å²) in [6.07, 6.45) is 7.92. The molecule has 184 valence electrons. The number of rotatable bonds is 7. The van der Waals surface area contributed by atoms with E-state index in [1.54, 1.807) is 12.1 Å². The summed E-state index contributed by atoms with van der Waals surface area (Å²) in [6.45, 7) is 3.54. The number of anilines is 2. The number of benzene rings is 1. The first-order valence-corrected chi connectivity index (χ1v) is 11.7. The highest BCUT2D eigenvalue weighted by Gasteiger charge is 2.44. The molecular weight excluding hydrogens is 450 g/mol. The van der Waals surface area contributed by atoms with E-state index in [0.29, 0.717) is 34.4 Å². The lowest BCUT2D eigenvalue weighted by atomic mass is 9.94. The van der Waals surface area contributed by atoms with E-state index in [1.165, 1.54) is 56.8 Å². The van der Waals surface area contributed by atoms with Gasteiger partial charge in [-0.3, -0.25) is 24.4 Å². The van der Waals surface area contributed by atoms with Gasteiger partial charge in [0.25, 0.3) is 11.5 Å². The van der Waals surface area contributed by atoms with Gasteiger partial charge in [0, 0.05) is 26.0 Å². The lowest BCUT2D eigenvalue weighted by Gasteiger charge is -2.31. The molecule has 0 radical (unpaired) electrons. The van der Waals surface area contributed by atoms with Crippen LogP contribution in [0.4, 0.5) is 11.9 Å². The Labute approximate surface area is 202 Å². The summed E-state index contributed by atoms with van der Waals surface area (Å²) >= 11 is 0. The number of nitrogens with one attached hydrogen (secondary N) is 1. The molecule has 1 amide bonds. The van der Waals surface area contributed by atoms with E-state index in [-0.39, 0.29) is 23.0 Å². The van der Waals surface area contributed by atoms with E-state index in [1.807, 2.05) is 0 Å². The Balaban J connectivity index is 1.35. The predicted octanol–water partition coefficient (Wildman–Crippen LogP) is 1.82. The Kier molecular flexibility index (Phi) is 6.01. The molecule has 1 saturated heterocycles. The van der Waals surface area contributed by atoms with Gasteiger partial charge in [0.2, 0.25) is 11.9 Å². The van der Waals surface area contributed by atoms with Crippen LogP contribution in [0.1, 0.15) is 36.0 Å². The van der Waals surface area contributed by atoms with E-state index >= 15 is 0 Å². The number of hydrogen-bond acceptors (Lipinski definition) is 9. The van der Waals surface area contributed by atoms with Crippen LogP contribution in [0.15, 0.2) is 29.3 Å². The number of piperidine rings is 1. The molecule has 0 bridgehead atoms. The maximum Gasteiger partial charge on any atom is 0.262 e. The SMILES string of the molecule is COc1c(OCCN2CCC3(CC2)CC3)ccc2c(=O)n(C)c(NC(=O)c3cnc(N)nc3)nc12. The van der Waals surface area contributed by atoms with Gasteiger partial charge in [-0.25, -0.2) is 15.0 Å². The zero-order valence-corrected chi connectivity index (χ0v) is 19.9. The summed E-state index contributed by atoms with van der Waals surface area (Å²) in [4.78, 5) is 40.2. The number of methoxy groups -OCH3 is 1. The van der Waals surface area contributed by atoms with Crippen molar-refractivity contribution in [1.82, 2.24) is 24.4 Å². The summed E-state index contributed by atoms with van der Waals surface area (Å²) in [5, 5.41) is 2.99. The van der Waals surface area contributed by atoms with E-state index in [4.69, 9.17) is 15.2 Å². The van der Waals surface area contributed by atoms with Crippen molar-refractivity contribution in [3.05, 3.63) is 40.4 Å². The van der Waals surface area contributed by atoms with Crippen molar-refractivity contribution >= 4 is 28.7 Å². The first-order chi connectivity index (χ1) is 16.9. The minimum Gasteiger partial charge on any atom is -0.491 e. The highest BCUT2D eigenvalue weighted by molar-refractivity contribution is 6.03. The molecule has 1 saturated carbocycles. The van der Waals surface area contributed by atoms with Crippen LogP contribution in [0.2, 0.25) is 0 Å². The fourth-order valence-corrected chi connectivity index (χ4v) is 4.56. The second-order valence-corrected chi connectivity index (χ2v) is 9.27. The molecule has 3 N–H and O–H groups in total. The Hall–Kier alpha value is -3.73. The van der Waals surface area contributed by atoms with Crippen molar-refractivity contribution in [3.8, 4) is 11.5 Å². The quantitative estimate of drug-likeness (QED) is 0.520. The third-order valence-corrected chi connectivity index (χ3v) is 7.07. The molecule has 0 unspecified atom stereocenters. The fraction of sp³-hybridized carbons (Fsp3) is 0.458. The number of nitrogens with two attached hydrogens (primary N) is 1. The van der Waals surface area contributed by atoms with E-state index in [0.717, 1.165) is 19.6 Å². The maximum absolute atomic E-state index is 13.0. The van der Waals surface area contributed by atoms with Gasteiger partial charge in [0.1, 0.15) is 12.1 Å². The van der Waals surface area contributed by atoms with Gasteiger partial charge in [-0.15, -0.1) is 0 Å². The number of hydrogen-bond donors (Lipinski definition) is 2. The van der Waals surface area contributed by atoms with Gasteiger partial charge >= 0.3 is 0 Å². The van der Waals surface area contributed by atoms with E-state index < -0.39 is 5.91 Å². The van der Waals surface area contributed by atoms with Crippen molar-refractivity contribution in [2.45, 2.75) is 25.7 Å². The van der Waals surface area contributed by atoms with E-state index in [9.17, 15) is 9.59 Å². The normalized spacial score (nSPS) is 16.9. The summed E-state index contributed by atoms with van der Waals surface area (Å²) in [6, 6.07) is 3.39. The van der Waals surface area contributed by atoms with Gasteiger partial charge in [-0.1, -0.05) is 0 Å². The smallest absolute Gasteiger partial charge is 0.262 e. The third-order valence-electron chi connectivity index (χ3n) is 7.07. The van der Waals surface area contributed by atoms with Crippen LogP contribution in [0.5, 0.6) is 11.5 Å². The second-order valence-electron chi connectivity index (χ2n) is 9.27. The summed E-state index contributed by atoms with van der Waals surface area (Å²) in [5.41, 5.74) is 6.29. The average Bonchev–Trinajstić information content (AvgIpc) is 3.62. The first kappa shape index (κ1) is 23.0. The molecule has 2 aliphatic rings. The van der Waals surface area contributed by atoms with Crippen molar-refractivity contribution in [1.29, 1.82) is 0 Å². The predicted molar refractivity (Wildman–Crippen MR) is 131 cm³/mol. The molecule has 2 aromatic heterocycles. The van der Waals surface area contributed by atoms with Crippen LogP contribution in [-0.4, -0.2) is 63.7 Å². The number of aromatic nitrogens is 4. The molecule has 5 rings (SSSR count). The van der Waals surface area contributed by atoms with Crippen LogP contribution in [0, 0.1) is 5.41 Å². The lowest BCUT2D eigenvalue weighted by molar-refractivity contribution is 0.102. The van der Waals surface area contributed by atoms with Gasteiger partial charge < -0.3 is 15.2 Å². The molecule has 1 spiro atoms. The maximum atomic E-state index is 13.0. The number of likely N-dealkylation sites (tertiary alicyclic amines) is 1. The lowest BCUT2D eigenvalue weighted by Crippen LogP contribution is -2.37. The molecule has 11 heteroatoms. The van der Waals surface area contributed by atoms with Crippen molar-refractivity contribution in [2.75, 3.05) is 44.4 Å². The molecule has 2 fully saturated rings. The number of carbonyl (C=O) groups is 1. The van der Waals surface area contributed by atoms with Crippen molar-refractivity contribution in [3.63, 3.8) is 0 Å². The Bertz CT molecular complexity index is 1310. The molecule has 3 heterocycles. The molecule has 1 aliphatic heterocycles. The topological polar surface area (TPSA) is 137 Å². The Morgan fingerprint density at radius 3 is 2.54 bits per heavy atom. The highest BCUT2D eigenvalue weighted by atomic mass is 16.5. The van der Waals surface area contributed by atoms with E-state index in [2.05, 4.69) is 25.2 Å². The minimum absolute atomic E-state index is 0.0575. The van der Waals surface area contributed by atoms with Crippen LogP contribution < -0.4 is 26.1 Å². The van der Waals surface area contributed by atoms with Crippen LogP contribution >= 0.6 is 0 Å². The largest absolute Gasteiger partial charge is 0.491 e. The number of nitrogens with zero attached hydrogens (tertiary/aromatic N) is 5. The number of nitrogen functional groups attached to an aromatic ring is 1. The first-order valence-electron chi connectivity index (χ1n) is 11.7. The Morgan fingerprint density at radius 1 is 1.17 bits per heavy atom. The summed E-state index contributed by atoms with van der Waals surface area (Å²) in [7, 11) is 3.04. The molecule has 1 aromatic carbocycles. The molecule has 3 aromatic rings. The molecular formula is C24H29N7O4. The third kappa shape index (κ3) is 4.63. The standard InChI is InChI=1S/C24H29N7O4/c1-30-21(33)16-3-4-17(35-12-11-31-9-7-24(5-6-24)8-10-31)19(34-2)18(16)28-23(30)29-20(32)15-13-26-22(25)27-14-15/h3-4,13-14H,5-12H2,1-2H3,(H2,25,26,27)(H,28,29,32). The van der Waals surface area contributed by atoms with Crippen molar-refractivity contribution < 1.29 is 14.3 Å². The van der Waals surface area contributed by atoms with Gasteiger partial charge in [-0.05, 0) is 56.3 Å². The monoisotopic (exact) mass is 479 g/mol. The molecule has 11 nitrogen and oxygen atoms in total.